The van der Waals surface area contributed by atoms with E-state index in [4.69, 9.17) is 0 Å². The predicted octanol–water partition coefficient (Wildman–Crippen LogP) is 0.920. The van der Waals surface area contributed by atoms with E-state index in [1.54, 1.807) is 6.07 Å². The molecule has 0 unspecified atom stereocenters. The standard InChI is InChI=1S/C19H26N6O2S/c1-14-6-4-5-7-15(14)18(27)20-12-16-21-22-19(24(16)3)28-13-17(26)25-10-8-23(2)9-11-25/h4-7H,8-13H2,1-3H3,(H,20,27). The molecule has 1 fully saturated rings. The fourth-order valence-corrected chi connectivity index (χ4v) is 3.81. The van der Waals surface area contributed by atoms with E-state index in [2.05, 4.69) is 27.5 Å². The molecule has 0 radical (unpaired) electrons. The van der Waals surface area contributed by atoms with Gasteiger partial charge in [-0.25, -0.2) is 0 Å². The molecular formula is C19H26N6O2S. The molecule has 2 heterocycles. The zero-order chi connectivity index (χ0) is 20.1. The van der Waals surface area contributed by atoms with Crippen LogP contribution in [0.4, 0.5) is 0 Å². The molecule has 0 spiro atoms. The van der Waals surface area contributed by atoms with E-state index in [0.717, 1.165) is 31.7 Å². The van der Waals surface area contributed by atoms with Gasteiger partial charge in [0.05, 0.1) is 12.3 Å². The molecule has 0 saturated carbocycles. The third-order valence-corrected chi connectivity index (χ3v) is 5.91. The number of benzene rings is 1. The molecule has 9 heteroatoms. The van der Waals surface area contributed by atoms with Crippen molar-refractivity contribution in [2.45, 2.75) is 18.6 Å². The monoisotopic (exact) mass is 402 g/mol. The lowest BCUT2D eigenvalue weighted by Crippen LogP contribution is -2.47. The van der Waals surface area contributed by atoms with Crippen LogP contribution in [0.2, 0.25) is 0 Å². The Morgan fingerprint density at radius 3 is 2.54 bits per heavy atom. The van der Waals surface area contributed by atoms with Crippen LogP contribution >= 0.6 is 11.8 Å². The number of likely N-dealkylation sites (N-methyl/N-ethyl adjacent to an activating group) is 1. The first-order valence-corrected chi connectivity index (χ1v) is 10.3. The quantitative estimate of drug-likeness (QED) is 0.724. The molecule has 2 aromatic rings. The van der Waals surface area contributed by atoms with Crippen molar-refractivity contribution in [1.29, 1.82) is 0 Å². The van der Waals surface area contributed by atoms with Crippen LogP contribution in [0.5, 0.6) is 0 Å². The molecule has 3 rings (SSSR count). The molecule has 1 aliphatic heterocycles. The number of rotatable bonds is 6. The zero-order valence-corrected chi connectivity index (χ0v) is 17.3. The van der Waals surface area contributed by atoms with Crippen LogP contribution in [0.3, 0.4) is 0 Å². The number of piperazine rings is 1. The number of hydrogen-bond acceptors (Lipinski definition) is 6. The number of carbonyl (C=O) groups is 2. The van der Waals surface area contributed by atoms with Gasteiger partial charge in [-0.1, -0.05) is 30.0 Å². The summed E-state index contributed by atoms with van der Waals surface area (Å²) in [5, 5.41) is 11.9. The van der Waals surface area contributed by atoms with Gasteiger partial charge in [-0.3, -0.25) is 9.59 Å². The summed E-state index contributed by atoms with van der Waals surface area (Å²) in [5.41, 5.74) is 1.58. The maximum atomic E-state index is 12.4. The lowest BCUT2D eigenvalue weighted by molar-refractivity contribution is -0.129. The molecule has 1 aromatic carbocycles. The lowest BCUT2D eigenvalue weighted by Gasteiger charge is -2.32. The molecule has 1 aromatic heterocycles. The molecule has 0 aliphatic carbocycles. The van der Waals surface area contributed by atoms with E-state index in [9.17, 15) is 9.59 Å². The molecule has 8 nitrogen and oxygen atoms in total. The minimum absolute atomic E-state index is 0.121. The number of thioether (sulfide) groups is 1. The molecule has 0 atom stereocenters. The first kappa shape index (κ1) is 20.3. The summed E-state index contributed by atoms with van der Waals surface area (Å²) in [4.78, 5) is 28.8. The highest BCUT2D eigenvalue weighted by molar-refractivity contribution is 7.99. The van der Waals surface area contributed by atoms with Gasteiger partial charge in [0.2, 0.25) is 5.91 Å². The highest BCUT2D eigenvalue weighted by atomic mass is 32.2. The van der Waals surface area contributed by atoms with Crippen molar-refractivity contribution in [3.63, 3.8) is 0 Å². The van der Waals surface area contributed by atoms with Crippen molar-refractivity contribution < 1.29 is 9.59 Å². The predicted molar refractivity (Wildman–Crippen MR) is 108 cm³/mol. The maximum absolute atomic E-state index is 12.4. The number of carbonyl (C=O) groups excluding carboxylic acids is 2. The van der Waals surface area contributed by atoms with Crippen molar-refractivity contribution in [3.8, 4) is 0 Å². The second-order valence-electron chi connectivity index (χ2n) is 6.93. The summed E-state index contributed by atoms with van der Waals surface area (Å²) in [5.74, 6) is 0.971. The average Bonchev–Trinajstić information content (AvgIpc) is 3.04. The van der Waals surface area contributed by atoms with E-state index in [1.807, 2.05) is 41.6 Å². The van der Waals surface area contributed by atoms with E-state index in [-0.39, 0.29) is 18.4 Å². The van der Waals surface area contributed by atoms with Crippen molar-refractivity contribution in [2.24, 2.45) is 7.05 Å². The van der Waals surface area contributed by atoms with E-state index in [1.165, 1.54) is 11.8 Å². The van der Waals surface area contributed by atoms with E-state index >= 15 is 0 Å². The first-order chi connectivity index (χ1) is 13.5. The van der Waals surface area contributed by atoms with Crippen molar-refractivity contribution in [1.82, 2.24) is 29.9 Å². The third kappa shape index (κ3) is 4.90. The SMILES string of the molecule is Cc1ccccc1C(=O)NCc1nnc(SCC(=O)N2CCN(C)CC2)n1C. The van der Waals surface area contributed by atoms with Crippen LogP contribution in [0.1, 0.15) is 21.7 Å². The van der Waals surface area contributed by atoms with Crippen molar-refractivity contribution in [3.05, 3.63) is 41.2 Å². The highest BCUT2D eigenvalue weighted by Gasteiger charge is 2.20. The Kier molecular flexibility index (Phi) is 6.69. The normalized spacial score (nSPS) is 14.9. The Balaban J connectivity index is 1.51. The maximum Gasteiger partial charge on any atom is 0.251 e. The molecule has 0 bridgehead atoms. The van der Waals surface area contributed by atoms with Gasteiger partial charge in [-0.05, 0) is 25.6 Å². The minimum atomic E-state index is -0.138. The second-order valence-corrected chi connectivity index (χ2v) is 7.87. The van der Waals surface area contributed by atoms with Gasteiger partial charge in [0.1, 0.15) is 0 Å². The fourth-order valence-electron chi connectivity index (χ4n) is 2.98. The summed E-state index contributed by atoms with van der Waals surface area (Å²) in [6, 6.07) is 7.45. The molecule has 1 N–H and O–H groups in total. The summed E-state index contributed by atoms with van der Waals surface area (Å²) < 4.78 is 1.82. The second kappa shape index (κ2) is 9.20. The van der Waals surface area contributed by atoms with E-state index < -0.39 is 0 Å². The van der Waals surface area contributed by atoms with E-state index in [0.29, 0.717) is 22.3 Å². The van der Waals surface area contributed by atoms with Gasteiger partial charge in [-0.2, -0.15) is 0 Å². The van der Waals surface area contributed by atoms with Crippen molar-refractivity contribution >= 4 is 23.6 Å². The smallest absolute Gasteiger partial charge is 0.251 e. The van der Waals surface area contributed by atoms with Gasteiger partial charge >= 0.3 is 0 Å². The fraction of sp³-hybridized carbons (Fsp3) is 0.474. The number of aromatic nitrogens is 3. The summed E-state index contributed by atoms with van der Waals surface area (Å²) >= 11 is 1.38. The molecule has 28 heavy (non-hydrogen) atoms. The van der Waals surface area contributed by atoms with Crippen LogP contribution in [0, 0.1) is 6.92 Å². The number of nitrogens with one attached hydrogen (secondary N) is 1. The van der Waals surface area contributed by atoms with Crippen LogP contribution in [0.25, 0.3) is 0 Å². The average molecular weight is 403 g/mol. The van der Waals surface area contributed by atoms with Crippen LogP contribution in [-0.4, -0.2) is 75.4 Å². The number of aryl methyl sites for hydroxylation is 1. The van der Waals surface area contributed by atoms with Gasteiger partial charge in [0.15, 0.2) is 11.0 Å². The number of amides is 2. The molecule has 2 amide bonds. The molecule has 1 aliphatic rings. The Bertz CT molecular complexity index is 845. The van der Waals surface area contributed by atoms with Crippen LogP contribution < -0.4 is 5.32 Å². The minimum Gasteiger partial charge on any atom is -0.345 e. The number of nitrogens with zero attached hydrogens (tertiary/aromatic N) is 5. The highest BCUT2D eigenvalue weighted by Crippen LogP contribution is 2.17. The lowest BCUT2D eigenvalue weighted by atomic mass is 10.1. The van der Waals surface area contributed by atoms with Crippen LogP contribution in [0.15, 0.2) is 29.4 Å². The van der Waals surface area contributed by atoms with Gasteiger partial charge < -0.3 is 19.7 Å². The Morgan fingerprint density at radius 2 is 1.82 bits per heavy atom. The van der Waals surface area contributed by atoms with Gasteiger partial charge in [0.25, 0.3) is 5.91 Å². The van der Waals surface area contributed by atoms with Crippen LogP contribution in [-0.2, 0) is 18.4 Å². The zero-order valence-electron chi connectivity index (χ0n) is 16.5. The van der Waals surface area contributed by atoms with Gasteiger partial charge in [-0.15, -0.1) is 10.2 Å². The summed E-state index contributed by atoms with van der Waals surface area (Å²) in [6.07, 6.45) is 0. The molecule has 150 valence electrons. The topological polar surface area (TPSA) is 83.4 Å². The number of hydrogen-bond donors (Lipinski definition) is 1. The van der Waals surface area contributed by atoms with Gasteiger partial charge in [0, 0.05) is 38.8 Å². The third-order valence-electron chi connectivity index (χ3n) is 4.90. The summed E-state index contributed by atoms with van der Waals surface area (Å²) in [7, 11) is 3.91. The largest absolute Gasteiger partial charge is 0.345 e. The molecule has 1 saturated heterocycles. The Morgan fingerprint density at radius 1 is 1.11 bits per heavy atom. The van der Waals surface area contributed by atoms with Crippen molar-refractivity contribution in [2.75, 3.05) is 39.0 Å². The Labute approximate surface area is 169 Å². The summed E-state index contributed by atoms with van der Waals surface area (Å²) in [6.45, 7) is 5.54. The molecular weight excluding hydrogens is 376 g/mol. The Hall–Kier alpha value is -2.39. The first-order valence-electron chi connectivity index (χ1n) is 9.27.